The Hall–Kier alpha value is -2.00. The summed E-state index contributed by atoms with van der Waals surface area (Å²) in [5.41, 5.74) is 0.650. The molecule has 2 atom stereocenters. The van der Waals surface area contributed by atoms with E-state index in [9.17, 15) is 0 Å². The quantitative estimate of drug-likeness (QED) is 0.322. The molecule has 2 heteroatoms. The van der Waals surface area contributed by atoms with E-state index in [2.05, 4.69) is 110 Å². The SMILES string of the molecule is C=C/C=C\C=C\P(CCP(c1ccccc1)c1ccccc1)C1C=CC=CC1. The van der Waals surface area contributed by atoms with Gasteiger partial charge in [0.05, 0.1) is 0 Å². The molecule has 0 nitrogen and oxygen atoms in total. The third-order valence-corrected chi connectivity index (χ3v) is 10.1. The molecule has 0 saturated carbocycles. The number of hydrogen-bond donors (Lipinski definition) is 0. The molecule has 1 aliphatic carbocycles. The Morgan fingerprint density at radius 3 is 2.07 bits per heavy atom. The smallest absolute Gasteiger partial charge is 0.00427 e. The van der Waals surface area contributed by atoms with Gasteiger partial charge in [0.2, 0.25) is 0 Å². The van der Waals surface area contributed by atoms with Crippen LogP contribution in [0.15, 0.2) is 122 Å². The maximum absolute atomic E-state index is 3.76. The summed E-state index contributed by atoms with van der Waals surface area (Å²) < 4.78 is 0. The average Bonchev–Trinajstić information content (AvgIpc) is 2.77. The standard InChI is InChI=1S/C26H28P2/c1-2-3-4-14-21-27(24-15-8-5-9-16-24)22-23-28(25-17-10-6-11-18-25)26-19-12-7-13-20-26/h2-15,17-21,24H,1,16,22-23H2/b4-3-,21-14+. The normalized spacial score (nSPS) is 17.5. The predicted molar refractivity (Wildman–Crippen MR) is 131 cm³/mol. The first-order chi connectivity index (χ1) is 13.9. The lowest BCUT2D eigenvalue weighted by Gasteiger charge is -2.26. The highest BCUT2D eigenvalue weighted by atomic mass is 31.1. The topological polar surface area (TPSA) is 0 Å². The Kier molecular flexibility index (Phi) is 8.70. The lowest BCUT2D eigenvalue weighted by Crippen LogP contribution is -2.16. The van der Waals surface area contributed by atoms with Gasteiger partial charge in [-0.15, -0.1) is 0 Å². The molecule has 0 aromatic heterocycles. The molecule has 28 heavy (non-hydrogen) atoms. The zero-order chi connectivity index (χ0) is 19.4. The fraction of sp³-hybridized carbons (Fsp3) is 0.154. The molecule has 1 aliphatic rings. The van der Waals surface area contributed by atoms with Crippen molar-refractivity contribution in [3.8, 4) is 0 Å². The Morgan fingerprint density at radius 2 is 1.50 bits per heavy atom. The van der Waals surface area contributed by atoms with Crippen LogP contribution in [-0.2, 0) is 0 Å². The largest absolute Gasteiger partial charge is 0.0991 e. The van der Waals surface area contributed by atoms with Gasteiger partial charge in [0.25, 0.3) is 0 Å². The lowest BCUT2D eigenvalue weighted by molar-refractivity contribution is 1.04. The maximum Gasteiger partial charge on any atom is 0.00427 e. The minimum atomic E-state index is -0.320. The second kappa shape index (κ2) is 11.8. The summed E-state index contributed by atoms with van der Waals surface area (Å²) in [6.07, 6.45) is 20.9. The van der Waals surface area contributed by atoms with E-state index in [1.54, 1.807) is 0 Å². The Balaban J connectivity index is 1.78. The van der Waals surface area contributed by atoms with Crippen molar-refractivity contribution in [2.24, 2.45) is 0 Å². The first kappa shape index (κ1) is 20.7. The highest BCUT2D eigenvalue weighted by Gasteiger charge is 2.20. The fourth-order valence-corrected chi connectivity index (χ4v) is 8.64. The van der Waals surface area contributed by atoms with Gasteiger partial charge in [-0.25, -0.2) is 0 Å². The van der Waals surface area contributed by atoms with Gasteiger partial charge in [-0.05, 0) is 37.3 Å². The van der Waals surface area contributed by atoms with Crippen molar-refractivity contribution in [2.45, 2.75) is 12.1 Å². The van der Waals surface area contributed by atoms with E-state index >= 15 is 0 Å². The molecule has 2 unspecified atom stereocenters. The van der Waals surface area contributed by atoms with Gasteiger partial charge < -0.3 is 0 Å². The van der Waals surface area contributed by atoms with Gasteiger partial charge in [-0.1, -0.05) is 130 Å². The van der Waals surface area contributed by atoms with Crippen molar-refractivity contribution in [2.75, 3.05) is 12.3 Å². The van der Waals surface area contributed by atoms with E-state index in [-0.39, 0.29) is 15.8 Å². The molecule has 0 heterocycles. The van der Waals surface area contributed by atoms with Crippen molar-refractivity contribution < 1.29 is 0 Å². The van der Waals surface area contributed by atoms with Crippen LogP contribution in [0.1, 0.15) is 6.42 Å². The van der Waals surface area contributed by atoms with Crippen LogP contribution >= 0.6 is 15.8 Å². The van der Waals surface area contributed by atoms with Crippen LogP contribution in [0.3, 0.4) is 0 Å². The van der Waals surface area contributed by atoms with Gasteiger partial charge in [0, 0.05) is 5.66 Å². The molecule has 0 fully saturated rings. The van der Waals surface area contributed by atoms with Crippen LogP contribution in [0, 0.1) is 0 Å². The van der Waals surface area contributed by atoms with Crippen LogP contribution < -0.4 is 10.6 Å². The number of hydrogen-bond acceptors (Lipinski definition) is 0. The molecule has 142 valence electrons. The summed E-state index contributed by atoms with van der Waals surface area (Å²) in [7, 11) is -0.517. The summed E-state index contributed by atoms with van der Waals surface area (Å²) in [5.74, 6) is 2.45. The molecule has 0 radical (unpaired) electrons. The van der Waals surface area contributed by atoms with Crippen LogP contribution in [0.4, 0.5) is 0 Å². The fourth-order valence-electron chi connectivity index (χ4n) is 3.31. The van der Waals surface area contributed by atoms with Gasteiger partial charge >= 0.3 is 0 Å². The van der Waals surface area contributed by atoms with Gasteiger partial charge in [0.1, 0.15) is 0 Å². The molecule has 0 spiro atoms. The number of rotatable bonds is 9. The average molecular weight is 402 g/mol. The lowest BCUT2D eigenvalue weighted by atomic mass is 10.2. The molecule has 0 amide bonds. The third-order valence-electron chi connectivity index (χ3n) is 4.74. The molecule has 2 aromatic carbocycles. The molecular formula is C26H28P2. The van der Waals surface area contributed by atoms with Crippen molar-refractivity contribution >= 4 is 26.5 Å². The van der Waals surface area contributed by atoms with E-state index in [0.29, 0.717) is 5.66 Å². The second-order valence-corrected chi connectivity index (χ2v) is 11.4. The van der Waals surface area contributed by atoms with E-state index in [4.69, 9.17) is 0 Å². The van der Waals surface area contributed by atoms with Crippen molar-refractivity contribution in [1.82, 2.24) is 0 Å². The zero-order valence-electron chi connectivity index (χ0n) is 16.3. The predicted octanol–water partition coefficient (Wildman–Crippen LogP) is 6.74. The first-order valence-corrected chi connectivity index (χ1v) is 13.0. The Labute approximate surface area is 172 Å². The van der Waals surface area contributed by atoms with Crippen LogP contribution in [0.5, 0.6) is 0 Å². The zero-order valence-corrected chi connectivity index (χ0v) is 18.1. The second-order valence-electron chi connectivity index (χ2n) is 6.64. The van der Waals surface area contributed by atoms with E-state index in [0.717, 1.165) is 6.42 Å². The molecule has 2 aromatic rings. The van der Waals surface area contributed by atoms with Crippen molar-refractivity contribution in [1.29, 1.82) is 0 Å². The summed E-state index contributed by atoms with van der Waals surface area (Å²) in [4.78, 5) is 0. The number of allylic oxidation sites excluding steroid dienone is 8. The van der Waals surface area contributed by atoms with Crippen molar-refractivity contribution in [3.05, 3.63) is 122 Å². The Morgan fingerprint density at radius 1 is 0.821 bits per heavy atom. The van der Waals surface area contributed by atoms with E-state index in [1.807, 2.05) is 12.2 Å². The van der Waals surface area contributed by atoms with Crippen LogP contribution in [0.2, 0.25) is 0 Å². The summed E-state index contributed by atoms with van der Waals surface area (Å²) >= 11 is 0. The van der Waals surface area contributed by atoms with Gasteiger partial charge in [0.15, 0.2) is 0 Å². The molecule has 0 saturated heterocycles. The number of benzene rings is 2. The Bertz CT molecular complexity index is 792. The molecule has 0 aliphatic heterocycles. The van der Waals surface area contributed by atoms with Gasteiger partial charge in [-0.2, -0.15) is 0 Å². The van der Waals surface area contributed by atoms with E-state index in [1.165, 1.54) is 22.9 Å². The third kappa shape index (κ3) is 6.27. The highest BCUT2D eigenvalue weighted by Crippen LogP contribution is 2.49. The van der Waals surface area contributed by atoms with Gasteiger partial charge in [-0.3, -0.25) is 0 Å². The monoisotopic (exact) mass is 402 g/mol. The molecule has 0 N–H and O–H groups in total. The minimum Gasteiger partial charge on any atom is -0.0991 e. The first-order valence-electron chi connectivity index (χ1n) is 9.81. The van der Waals surface area contributed by atoms with Crippen LogP contribution in [0.25, 0.3) is 0 Å². The summed E-state index contributed by atoms with van der Waals surface area (Å²) in [5, 5.41) is 2.96. The summed E-state index contributed by atoms with van der Waals surface area (Å²) in [6, 6.07) is 22.1. The molecule has 0 bridgehead atoms. The summed E-state index contributed by atoms with van der Waals surface area (Å²) in [6.45, 7) is 3.76. The molecular weight excluding hydrogens is 374 g/mol. The van der Waals surface area contributed by atoms with Crippen LogP contribution in [-0.4, -0.2) is 18.0 Å². The minimum absolute atomic E-state index is 0.197. The molecule has 3 rings (SSSR count). The maximum atomic E-state index is 3.76. The van der Waals surface area contributed by atoms with E-state index < -0.39 is 0 Å². The highest BCUT2D eigenvalue weighted by molar-refractivity contribution is 7.74. The van der Waals surface area contributed by atoms with Crippen molar-refractivity contribution in [3.63, 3.8) is 0 Å².